The molecule has 3 nitrogen and oxygen atoms in total. The number of nitrogens with zero attached hydrogens (tertiary/aromatic N) is 2. The van der Waals surface area contributed by atoms with Crippen molar-refractivity contribution in [1.29, 1.82) is 0 Å². The van der Waals surface area contributed by atoms with Crippen LogP contribution in [0.15, 0.2) is 29.4 Å². The quantitative estimate of drug-likeness (QED) is 0.361. The SMILES string of the molecule is CCCCCCCCOc1ccc(/C=N\N(C)C)cc1. The fourth-order valence-corrected chi connectivity index (χ4v) is 1.90. The van der Waals surface area contributed by atoms with Crippen LogP contribution in [0.5, 0.6) is 5.75 Å². The van der Waals surface area contributed by atoms with Crippen molar-refractivity contribution in [3.63, 3.8) is 0 Å². The summed E-state index contributed by atoms with van der Waals surface area (Å²) in [7, 11) is 3.82. The molecule has 0 amide bonds. The minimum atomic E-state index is 0.817. The summed E-state index contributed by atoms with van der Waals surface area (Å²) in [4.78, 5) is 0. The second-order valence-electron chi connectivity index (χ2n) is 5.28. The summed E-state index contributed by atoms with van der Waals surface area (Å²) in [5.74, 6) is 0.945. The molecule has 1 aromatic carbocycles. The maximum atomic E-state index is 5.74. The molecule has 0 radical (unpaired) electrons. The predicted molar refractivity (Wildman–Crippen MR) is 86.6 cm³/mol. The number of hydrogen-bond donors (Lipinski definition) is 0. The Balaban J connectivity index is 2.18. The van der Waals surface area contributed by atoms with Gasteiger partial charge in [0.15, 0.2) is 0 Å². The summed E-state index contributed by atoms with van der Waals surface area (Å²) < 4.78 is 5.74. The third-order valence-electron chi connectivity index (χ3n) is 3.08. The second kappa shape index (κ2) is 10.3. The van der Waals surface area contributed by atoms with Crippen molar-refractivity contribution in [2.75, 3.05) is 20.7 Å². The highest BCUT2D eigenvalue weighted by molar-refractivity contribution is 5.79. The molecule has 20 heavy (non-hydrogen) atoms. The summed E-state index contributed by atoms with van der Waals surface area (Å²) in [6, 6.07) is 8.08. The summed E-state index contributed by atoms with van der Waals surface area (Å²) in [6.07, 6.45) is 9.61. The summed E-state index contributed by atoms with van der Waals surface area (Å²) in [5, 5.41) is 5.98. The molecule has 1 aromatic rings. The van der Waals surface area contributed by atoms with E-state index in [1.807, 2.05) is 44.6 Å². The third-order valence-corrected chi connectivity index (χ3v) is 3.08. The van der Waals surface area contributed by atoms with Crippen LogP contribution in [0.3, 0.4) is 0 Å². The Morgan fingerprint density at radius 1 is 1.00 bits per heavy atom. The molecule has 0 saturated heterocycles. The standard InChI is InChI=1S/C17H28N2O/c1-4-5-6-7-8-9-14-20-17-12-10-16(11-13-17)15-18-19(2)3/h10-13,15H,4-9,14H2,1-3H3/b18-15-. The van der Waals surface area contributed by atoms with Crippen molar-refractivity contribution in [2.24, 2.45) is 5.10 Å². The lowest BCUT2D eigenvalue weighted by atomic mass is 10.1. The second-order valence-corrected chi connectivity index (χ2v) is 5.28. The molecule has 0 unspecified atom stereocenters. The van der Waals surface area contributed by atoms with E-state index in [0.29, 0.717) is 0 Å². The van der Waals surface area contributed by atoms with Gasteiger partial charge in [0.1, 0.15) is 5.75 Å². The van der Waals surface area contributed by atoms with Crippen molar-refractivity contribution in [3.05, 3.63) is 29.8 Å². The predicted octanol–water partition coefficient (Wildman–Crippen LogP) is 4.32. The molecule has 0 bridgehead atoms. The van der Waals surface area contributed by atoms with Crippen LogP contribution < -0.4 is 4.74 Å². The highest BCUT2D eigenvalue weighted by Crippen LogP contribution is 2.12. The number of benzene rings is 1. The van der Waals surface area contributed by atoms with Gasteiger partial charge in [-0.3, -0.25) is 0 Å². The Labute approximate surface area is 123 Å². The van der Waals surface area contributed by atoms with Crippen LogP contribution >= 0.6 is 0 Å². The molecule has 0 aliphatic carbocycles. The molecular formula is C17H28N2O. The van der Waals surface area contributed by atoms with E-state index >= 15 is 0 Å². The van der Waals surface area contributed by atoms with Crippen molar-refractivity contribution < 1.29 is 4.74 Å². The van der Waals surface area contributed by atoms with Crippen LogP contribution in [-0.2, 0) is 0 Å². The van der Waals surface area contributed by atoms with E-state index < -0.39 is 0 Å². The number of rotatable bonds is 10. The molecule has 0 aromatic heterocycles. The Bertz CT molecular complexity index is 371. The Morgan fingerprint density at radius 2 is 1.65 bits per heavy atom. The van der Waals surface area contributed by atoms with E-state index in [2.05, 4.69) is 12.0 Å². The normalized spacial score (nSPS) is 10.9. The van der Waals surface area contributed by atoms with Gasteiger partial charge >= 0.3 is 0 Å². The van der Waals surface area contributed by atoms with E-state index in [4.69, 9.17) is 4.74 Å². The molecule has 0 saturated carbocycles. The number of hydrogen-bond acceptors (Lipinski definition) is 3. The third kappa shape index (κ3) is 7.82. The van der Waals surface area contributed by atoms with Crippen LogP contribution in [0.2, 0.25) is 0 Å². The van der Waals surface area contributed by atoms with E-state index in [1.165, 1.54) is 32.1 Å². The number of hydrazone groups is 1. The van der Waals surface area contributed by atoms with Crippen LogP contribution in [0.4, 0.5) is 0 Å². The highest BCUT2D eigenvalue weighted by Gasteiger charge is 1.95. The molecule has 0 fully saturated rings. The maximum absolute atomic E-state index is 5.74. The first-order valence-electron chi connectivity index (χ1n) is 7.66. The van der Waals surface area contributed by atoms with E-state index in [-0.39, 0.29) is 0 Å². The van der Waals surface area contributed by atoms with E-state index in [0.717, 1.165) is 24.3 Å². The fourth-order valence-electron chi connectivity index (χ4n) is 1.90. The molecular weight excluding hydrogens is 248 g/mol. The average Bonchev–Trinajstić information content (AvgIpc) is 2.45. The zero-order valence-corrected chi connectivity index (χ0v) is 13.1. The van der Waals surface area contributed by atoms with Gasteiger partial charge in [-0.25, -0.2) is 0 Å². The van der Waals surface area contributed by atoms with E-state index in [9.17, 15) is 0 Å². The molecule has 0 atom stereocenters. The first kappa shape index (κ1) is 16.5. The minimum absolute atomic E-state index is 0.817. The van der Waals surface area contributed by atoms with Crippen LogP contribution in [0, 0.1) is 0 Å². The van der Waals surface area contributed by atoms with Gasteiger partial charge in [0.25, 0.3) is 0 Å². The lowest BCUT2D eigenvalue weighted by molar-refractivity contribution is 0.304. The first-order valence-corrected chi connectivity index (χ1v) is 7.66. The molecule has 0 N–H and O–H groups in total. The van der Waals surface area contributed by atoms with Crippen molar-refractivity contribution in [3.8, 4) is 5.75 Å². The Hall–Kier alpha value is -1.51. The van der Waals surface area contributed by atoms with Gasteiger partial charge in [0, 0.05) is 14.1 Å². The van der Waals surface area contributed by atoms with Crippen molar-refractivity contribution in [2.45, 2.75) is 45.4 Å². The average molecular weight is 276 g/mol. The molecule has 0 aliphatic rings. The Morgan fingerprint density at radius 3 is 2.30 bits per heavy atom. The lowest BCUT2D eigenvalue weighted by Gasteiger charge is -2.06. The zero-order chi connectivity index (χ0) is 14.6. The molecule has 1 rings (SSSR count). The molecule has 0 heterocycles. The molecule has 0 spiro atoms. The Kier molecular flexibility index (Phi) is 8.52. The summed E-state index contributed by atoms with van der Waals surface area (Å²) in [6.45, 7) is 3.06. The van der Waals surface area contributed by atoms with Gasteiger partial charge in [-0.2, -0.15) is 5.10 Å². The summed E-state index contributed by atoms with van der Waals surface area (Å²) in [5.41, 5.74) is 1.09. The van der Waals surface area contributed by atoms with Gasteiger partial charge in [-0.15, -0.1) is 0 Å². The van der Waals surface area contributed by atoms with Crippen LogP contribution in [-0.4, -0.2) is 31.9 Å². The van der Waals surface area contributed by atoms with Crippen LogP contribution in [0.1, 0.15) is 51.0 Å². The van der Waals surface area contributed by atoms with Crippen LogP contribution in [0.25, 0.3) is 0 Å². The monoisotopic (exact) mass is 276 g/mol. The largest absolute Gasteiger partial charge is 0.494 e. The zero-order valence-electron chi connectivity index (χ0n) is 13.1. The maximum Gasteiger partial charge on any atom is 0.119 e. The molecule has 3 heteroatoms. The molecule has 0 aliphatic heterocycles. The van der Waals surface area contributed by atoms with Gasteiger partial charge in [-0.1, -0.05) is 39.0 Å². The van der Waals surface area contributed by atoms with Crippen molar-refractivity contribution in [1.82, 2.24) is 5.01 Å². The molecule has 112 valence electrons. The smallest absolute Gasteiger partial charge is 0.119 e. The topological polar surface area (TPSA) is 24.8 Å². The highest BCUT2D eigenvalue weighted by atomic mass is 16.5. The minimum Gasteiger partial charge on any atom is -0.494 e. The van der Waals surface area contributed by atoms with Crippen molar-refractivity contribution >= 4 is 6.21 Å². The summed E-state index contributed by atoms with van der Waals surface area (Å²) >= 11 is 0. The van der Waals surface area contributed by atoms with Gasteiger partial charge in [0.05, 0.1) is 12.8 Å². The van der Waals surface area contributed by atoms with Gasteiger partial charge < -0.3 is 9.75 Å². The fraction of sp³-hybridized carbons (Fsp3) is 0.588. The number of ether oxygens (including phenoxy) is 1. The van der Waals surface area contributed by atoms with E-state index in [1.54, 1.807) is 5.01 Å². The first-order chi connectivity index (χ1) is 9.72. The lowest BCUT2D eigenvalue weighted by Crippen LogP contribution is -2.02. The van der Waals surface area contributed by atoms with Gasteiger partial charge in [0.2, 0.25) is 0 Å². The number of unbranched alkanes of at least 4 members (excludes halogenated alkanes) is 5. The van der Waals surface area contributed by atoms with Gasteiger partial charge in [-0.05, 0) is 36.2 Å².